The van der Waals surface area contributed by atoms with E-state index in [2.05, 4.69) is 0 Å². The molecule has 8 heteroatoms. The molecule has 17 heavy (non-hydrogen) atoms. The molecule has 0 aliphatic carbocycles. The van der Waals surface area contributed by atoms with Gasteiger partial charge in [0.15, 0.2) is 6.29 Å². The number of carbonyl (C=O) groups is 1. The highest BCUT2D eigenvalue weighted by Gasteiger charge is 2.56. The number of hydrogen-bond acceptors (Lipinski definition) is 4. The highest BCUT2D eigenvalue weighted by molar-refractivity contribution is 5.82. The predicted molar refractivity (Wildman–Crippen MR) is 47.8 cm³/mol. The van der Waals surface area contributed by atoms with Crippen LogP contribution >= 0.6 is 0 Å². The molecule has 0 aromatic carbocycles. The molecular weight excluding hydrogens is 243 g/mol. The number of nitrogens with zero attached hydrogens (tertiary/aromatic N) is 1. The van der Waals surface area contributed by atoms with Crippen molar-refractivity contribution in [3.63, 3.8) is 0 Å². The molecule has 0 bridgehead atoms. The number of aliphatic hydroxyl groups is 1. The van der Waals surface area contributed by atoms with E-state index in [1.807, 2.05) is 0 Å². The topological polar surface area (TPSA) is 59.0 Å². The Morgan fingerprint density at radius 3 is 2.71 bits per heavy atom. The van der Waals surface area contributed by atoms with Crippen molar-refractivity contribution < 1.29 is 32.5 Å². The molecule has 2 saturated heterocycles. The van der Waals surface area contributed by atoms with Crippen LogP contribution in [0.25, 0.3) is 0 Å². The van der Waals surface area contributed by atoms with E-state index in [1.165, 1.54) is 7.11 Å². The first-order valence-corrected chi connectivity index (χ1v) is 5.10. The zero-order chi connectivity index (χ0) is 12.8. The Labute approximate surface area is 95.1 Å². The molecule has 2 heterocycles. The minimum absolute atomic E-state index is 0.0683. The average molecular weight is 255 g/mol. The van der Waals surface area contributed by atoms with Gasteiger partial charge in [0, 0.05) is 13.7 Å². The third kappa shape index (κ3) is 2.00. The molecular formula is C9H12F3NO4. The molecule has 2 aliphatic heterocycles. The predicted octanol–water partition coefficient (Wildman–Crippen LogP) is -0.118. The van der Waals surface area contributed by atoms with E-state index >= 15 is 0 Å². The second-order valence-corrected chi connectivity index (χ2v) is 4.04. The van der Waals surface area contributed by atoms with Crippen LogP contribution in [-0.4, -0.2) is 60.3 Å². The summed E-state index contributed by atoms with van der Waals surface area (Å²) in [5.41, 5.74) is 0. The lowest BCUT2D eigenvalue weighted by Gasteiger charge is -2.26. The Hall–Kier alpha value is -0.860. The van der Waals surface area contributed by atoms with Gasteiger partial charge in [0.1, 0.15) is 6.10 Å². The van der Waals surface area contributed by atoms with Crippen molar-refractivity contribution in [2.24, 2.45) is 0 Å². The molecule has 2 fully saturated rings. The number of halogens is 3. The fourth-order valence-corrected chi connectivity index (χ4v) is 2.35. The van der Waals surface area contributed by atoms with Crippen molar-refractivity contribution >= 4 is 5.91 Å². The number of ether oxygens (including phenoxy) is 2. The zero-order valence-electron chi connectivity index (χ0n) is 8.98. The minimum atomic E-state index is -4.93. The van der Waals surface area contributed by atoms with E-state index in [-0.39, 0.29) is 13.0 Å². The molecule has 1 amide bonds. The smallest absolute Gasteiger partial charge is 0.386 e. The van der Waals surface area contributed by atoms with Crippen LogP contribution in [0.15, 0.2) is 0 Å². The van der Waals surface area contributed by atoms with Gasteiger partial charge in [-0.2, -0.15) is 13.2 Å². The van der Waals surface area contributed by atoms with Gasteiger partial charge in [0.2, 0.25) is 0 Å². The van der Waals surface area contributed by atoms with E-state index in [9.17, 15) is 23.1 Å². The maximum absolute atomic E-state index is 12.3. The van der Waals surface area contributed by atoms with Crippen molar-refractivity contribution in [1.82, 2.24) is 4.90 Å². The van der Waals surface area contributed by atoms with Crippen LogP contribution in [0.3, 0.4) is 0 Å². The fourth-order valence-electron chi connectivity index (χ4n) is 2.35. The number of alkyl halides is 3. The lowest BCUT2D eigenvalue weighted by atomic mass is 10.1. The summed E-state index contributed by atoms with van der Waals surface area (Å²) in [6.45, 7) is -0.0683. The van der Waals surface area contributed by atoms with Gasteiger partial charge in [-0.05, 0) is 6.42 Å². The average Bonchev–Trinajstić information content (AvgIpc) is 2.77. The number of rotatable bonds is 1. The van der Waals surface area contributed by atoms with E-state index in [4.69, 9.17) is 9.47 Å². The summed E-state index contributed by atoms with van der Waals surface area (Å²) in [6, 6.07) is -0.978. The molecule has 0 spiro atoms. The van der Waals surface area contributed by atoms with Gasteiger partial charge < -0.3 is 19.5 Å². The summed E-state index contributed by atoms with van der Waals surface area (Å²) >= 11 is 0. The first kappa shape index (κ1) is 12.6. The van der Waals surface area contributed by atoms with Crippen LogP contribution in [0, 0.1) is 0 Å². The molecule has 0 saturated carbocycles. The van der Waals surface area contributed by atoms with Crippen LogP contribution in [0.5, 0.6) is 0 Å². The number of amides is 1. The Kier molecular flexibility index (Phi) is 3.04. The zero-order valence-corrected chi connectivity index (χ0v) is 8.98. The molecule has 0 aromatic heterocycles. The van der Waals surface area contributed by atoms with Gasteiger partial charge in [-0.15, -0.1) is 0 Å². The largest absolute Gasteiger partial charge is 0.471 e. The van der Waals surface area contributed by atoms with Crippen LogP contribution in [-0.2, 0) is 14.3 Å². The standard InChI is InChI=1S/C9H12F3NO4/c1-16-7-6(14)5-4(17-7)2-3-13(5)8(15)9(10,11)12/h4-7,14H,2-3H2,1H3/t4-,5+,6-,7-/m1/s1. The van der Waals surface area contributed by atoms with Crippen molar-refractivity contribution in [3.05, 3.63) is 0 Å². The number of methoxy groups -OCH3 is 1. The Bertz CT molecular complexity index is 322. The molecule has 0 radical (unpaired) electrons. The number of fused-ring (bicyclic) bond motifs is 1. The van der Waals surface area contributed by atoms with Crippen LogP contribution in [0.2, 0.25) is 0 Å². The SMILES string of the molecule is CO[C@@H]1O[C@@H]2CCN(C(=O)C(F)(F)F)[C@@H]2[C@H]1O. The van der Waals surface area contributed by atoms with E-state index < -0.39 is 36.6 Å². The van der Waals surface area contributed by atoms with Gasteiger partial charge in [-0.3, -0.25) is 4.79 Å². The summed E-state index contributed by atoms with van der Waals surface area (Å²) in [4.78, 5) is 11.8. The number of aliphatic hydroxyl groups excluding tert-OH is 1. The van der Waals surface area contributed by atoms with Gasteiger partial charge in [0.25, 0.3) is 0 Å². The molecule has 0 aromatic rings. The maximum atomic E-state index is 12.3. The first-order chi connectivity index (χ1) is 7.86. The lowest BCUT2D eigenvalue weighted by Crippen LogP contribution is -2.50. The minimum Gasteiger partial charge on any atom is -0.386 e. The quantitative estimate of drug-likeness (QED) is 0.709. The van der Waals surface area contributed by atoms with Gasteiger partial charge in [0.05, 0.1) is 12.1 Å². The number of likely N-dealkylation sites (tertiary alicyclic amines) is 1. The summed E-state index contributed by atoms with van der Waals surface area (Å²) in [7, 11) is 1.28. The number of hydrogen-bond donors (Lipinski definition) is 1. The Morgan fingerprint density at radius 2 is 2.18 bits per heavy atom. The van der Waals surface area contributed by atoms with Crippen LogP contribution < -0.4 is 0 Å². The molecule has 1 N–H and O–H groups in total. The second-order valence-electron chi connectivity index (χ2n) is 4.04. The third-order valence-corrected chi connectivity index (χ3v) is 3.07. The van der Waals surface area contributed by atoms with E-state index in [0.29, 0.717) is 4.90 Å². The van der Waals surface area contributed by atoms with Crippen molar-refractivity contribution in [2.45, 2.75) is 37.1 Å². The molecule has 4 atom stereocenters. The van der Waals surface area contributed by atoms with Crippen LogP contribution in [0.1, 0.15) is 6.42 Å². The van der Waals surface area contributed by atoms with Crippen LogP contribution in [0.4, 0.5) is 13.2 Å². The van der Waals surface area contributed by atoms with Gasteiger partial charge in [-0.25, -0.2) is 0 Å². The molecule has 5 nitrogen and oxygen atoms in total. The van der Waals surface area contributed by atoms with Gasteiger partial charge >= 0.3 is 12.1 Å². The summed E-state index contributed by atoms with van der Waals surface area (Å²) < 4.78 is 46.9. The lowest BCUT2D eigenvalue weighted by molar-refractivity contribution is -0.189. The summed E-state index contributed by atoms with van der Waals surface area (Å²) in [5.74, 6) is -1.94. The highest BCUT2D eigenvalue weighted by atomic mass is 19.4. The number of carbonyl (C=O) groups excluding carboxylic acids is 1. The summed E-state index contributed by atoms with van der Waals surface area (Å²) in [6.07, 6.45) is -7.49. The van der Waals surface area contributed by atoms with Gasteiger partial charge in [-0.1, -0.05) is 0 Å². The second kappa shape index (κ2) is 4.11. The normalized spacial score (nSPS) is 37.4. The van der Waals surface area contributed by atoms with Crippen molar-refractivity contribution in [2.75, 3.05) is 13.7 Å². The maximum Gasteiger partial charge on any atom is 0.471 e. The van der Waals surface area contributed by atoms with E-state index in [0.717, 1.165) is 0 Å². The van der Waals surface area contributed by atoms with Crippen molar-refractivity contribution in [1.29, 1.82) is 0 Å². The highest BCUT2D eigenvalue weighted by Crippen LogP contribution is 2.35. The fraction of sp³-hybridized carbons (Fsp3) is 0.889. The first-order valence-electron chi connectivity index (χ1n) is 5.10. The Balaban J connectivity index is 2.15. The monoisotopic (exact) mass is 255 g/mol. The Morgan fingerprint density at radius 1 is 1.53 bits per heavy atom. The molecule has 98 valence electrons. The molecule has 0 unspecified atom stereocenters. The van der Waals surface area contributed by atoms with Crippen molar-refractivity contribution in [3.8, 4) is 0 Å². The third-order valence-electron chi connectivity index (χ3n) is 3.07. The molecule has 2 rings (SSSR count). The van der Waals surface area contributed by atoms with E-state index in [1.54, 1.807) is 0 Å². The summed E-state index contributed by atoms with van der Waals surface area (Å²) in [5, 5.41) is 9.73. The molecule has 2 aliphatic rings.